The van der Waals surface area contributed by atoms with Crippen molar-refractivity contribution in [2.75, 3.05) is 0 Å². The van der Waals surface area contributed by atoms with E-state index in [2.05, 4.69) is 20.8 Å². The summed E-state index contributed by atoms with van der Waals surface area (Å²) in [5.41, 5.74) is 2.65. The summed E-state index contributed by atoms with van der Waals surface area (Å²) in [4.78, 5) is 24.9. The Morgan fingerprint density at radius 1 is 0.951 bits per heavy atom. The molecule has 1 saturated heterocycles. The van der Waals surface area contributed by atoms with Gasteiger partial charge in [-0.2, -0.15) is 0 Å². The number of esters is 2. The molecule has 0 unspecified atom stereocenters. The Hall–Kier alpha value is -2.48. The fourth-order valence-electron chi connectivity index (χ4n) is 4.78. The van der Waals surface area contributed by atoms with E-state index in [-0.39, 0.29) is 36.5 Å². The van der Waals surface area contributed by atoms with Gasteiger partial charge in [0.1, 0.15) is 12.2 Å². The quantitative estimate of drug-likeness (QED) is 0.151. The van der Waals surface area contributed by atoms with E-state index in [9.17, 15) is 24.9 Å². The molecular weight excluding hydrogens is 520 g/mol. The van der Waals surface area contributed by atoms with E-state index in [0.717, 1.165) is 42.4 Å². The van der Waals surface area contributed by atoms with Crippen LogP contribution in [0, 0.1) is 11.8 Å². The number of hydrogen-bond acceptors (Lipinski definition) is 7. The van der Waals surface area contributed by atoms with Gasteiger partial charge in [-0.15, -0.1) is 0 Å². The van der Waals surface area contributed by atoms with Crippen molar-refractivity contribution in [3.63, 3.8) is 0 Å². The van der Waals surface area contributed by atoms with Crippen molar-refractivity contribution in [3.8, 4) is 0 Å². The van der Waals surface area contributed by atoms with Crippen molar-refractivity contribution in [2.45, 2.75) is 130 Å². The predicted octanol–water partition coefficient (Wildman–Crippen LogP) is 6.29. The third kappa shape index (κ3) is 16.5. The number of aliphatic hydroxyl groups is 3. The average molecular weight is 575 g/mol. The van der Waals surface area contributed by atoms with Gasteiger partial charge in [-0.05, 0) is 71.6 Å². The van der Waals surface area contributed by atoms with Gasteiger partial charge in [0.05, 0.1) is 18.3 Å². The van der Waals surface area contributed by atoms with Gasteiger partial charge >= 0.3 is 11.9 Å². The van der Waals surface area contributed by atoms with Gasteiger partial charge in [-0.1, -0.05) is 80.4 Å². The number of carbonyl (C=O) groups excluding carboxylic acids is 2. The van der Waals surface area contributed by atoms with Crippen LogP contribution in [0.25, 0.3) is 0 Å². The molecule has 0 aliphatic carbocycles. The van der Waals surface area contributed by atoms with E-state index in [1.807, 2.05) is 45.1 Å². The molecule has 0 radical (unpaired) electrons. The molecule has 0 aromatic carbocycles. The highest BCUT2D eigenvalue weighted by molar-refractivity contribution is 5.82. The lowest BCUT2D eigenvalue weighted by atomic mass is 9.92. The Morgan fingerprint density at radius 2 is 1.63 bits per heavy atom. The molecule has 1 rings (SSSR count). The van der Waals surface area contributed by atoms with Crippen LogP contribution in [-0.4, -0.2) is 57.8 Å². The summed E-state index contributed by atoms with van der Waals surface area (Å²) in [6.45, 7) is 13.5. The van der Waals surface area contributed by atoms with Gasteiger partial charge in [-0.25, -0.2) is 4.79 Å². The number of allylic oxidation sites excluding steroid dienone is 8. The monoisotopic (exact) mass is 574 g/mol. The van der Waals surface area contributed by atoms with Crippen molar-refractivity contribution in [1.82, 2.24) is 0 Å². The summed E-state index contributed by atoms with van der Waals surface area (Å²) in [5.74, 6) is -0.0318. The molecule has 1 fully saturated rings. The Labute approximate surface area is 247 Å². The van der Waals surface area contributed by atoms with E-state index in [4.69, 9.17) is 9.47 Å². The normalized spacial score (nSPS) is 25.0. The summed E-state index contributed by atoms with van der Waals surface area (Å²) in [5, 5.41) is 29.3. The minimum Gasteiger partial charge on any atom is -0.462 e. The molecule has 0 spiro atoms. The number of cyclic esters (lactones) is 1. The summed E-state index contributed by atoms with van der Waals surface area (Å²) in [7, 11) is 0. The Balaban J connectivity index is 2.69. The molecule has 7 heteroatoms. The van der Waals surface area contributed by atoms with Crippen LogP contribution in [0.2, 0.25) is 0 Å². The van der Waals surface area contributed by atoms with Crippen molar-refractivity contribution in [2.24, 2.45) is 11.8 Å². The highest BCUT2D eigenvalue weighted by Crippen LogP contribution is 2.24. The molecule has 1 aliphatic rings. The third-order valence-corrected chi connectivity index (χ3v) is 7.26. The number of ether oxygens (including phenoxy) is 2. The number of aliphatic hydroxyl groups excluding tert-OH is 3. The Morgan fingerprint density at radius 3 is 2.29 bits per heavy atom. The molecule has 0 amide bonds. The summed E-state index contributed by atoms with van der Waals surface area (Å²) in [6, 6.07) is 0. The first-order valence-corrected chi connectivity index (χ1v) is 15.1. The van der Waals surface area contributed by atoms with Gasteiger partial charge in [0.25, 0.3) is 0 Å². The summed E-state index contributed by atoms with van der Waals surface area (Å²) < 4.78 is 11.5. The molecule has 232 valence electrons. The minimum absolute atomic E-state index is 0.0244. The fraction of sp³-hybridized carbons (Fsp3) is 0.647. The van der Waals surface area contributed by atoms with E-state index in [0.29, 0.717) is 25.2 Å². The van der Waals surface area contributed by atoms with Crippen LogP contribution < -0.4 is 0 Å². The van der Waals surface area contributed by atoms with Crippen molar-refractivity contribution in [3.05, 3.63) is 59.3 Å². The fourth-order valence-corrected chi connectivity index (χ4v) is 4.78. The van der Waals surface area contributed by atoms with Crippen LogP contribution in [0.5, 0.6) is 0 Å². The maximum Gasteiger partial charge on any atom is 0.331 e. The first-order chi connectivity index (χ1) is 19.3. The van der Waals surface area contributed by atoms with Gasteiger partial charge in [0, 0.05) is 18.9 Å². The highest BCUT2D eigenvalue weighted by atomic mass is 16.5. The second-order valence-corrected chi connectivity index (χ2v) is 11.9. The van der Waals surface area contributed by atoms with Crippen LogP contribution >= 0.6 is 0 Å². The zero-order valence-electron chi connectivity index (χ0n) is 26.2. The second-order valence-electron chi connectivity index (χ2n) is 11.9. The summed E-state index contributed by atoms with van der Waals surface area (Å²) >= 11 is 0. The van der Waals surface area contributed by atoms with E-state index in [1.165, 1.54) is 6.08 Å². The van der Waals surface area contributed by atoms with E-state index >= 15 is 0 Å². The third-order valence-electron chi connectivity index (χ3n) is 7.26. The molecule has 0 saturated carbocycles. The first kappa shape index (κ1) is 36.5. The smallest absolute Gasteiger partial charge is 0.331 e. The van der Waals surface area contributed by atoms with Crippen LogP contribution in [0.15, 0.2) is 59.3 Å². The molecule has 6 atom stereocenters. The Kier molecular flexibility index (Phi) is 17.5. The van der Waals surface area contributed by atoms with E-state index < -0.39 is 18.3 Å². The lowest BCUT2D eigenvalue weighted by molar-refractivity contribution is -0.152. The second kappa shape index (κ2) is 19.6. The van der Waals surface area contributed by atoms with Crippen molar-refractivity contribution < 1.29 is 34.4 Å². The number of hydrogen-bond donors (Lipinski definition) is 3. The standard InChI is InChI=1S/C34H54O7/c1-23(2)31-15-9-8-14-27(6)32(16-11-17-33(38)40-31)41-34(39)19-18-26(5)20-24(3)12-10-13-25(4)21-29(36)30(37)22-28(7)35/h10,12-13,18-21,23,27-32,35-37H,8-9,11,14-17,22H2,1-7H3/t27-,28-,29-,30-,31+,32-/m0/s1. The van der Waals surface area contributed by atoms with Crippen LogP contribution in [-0.2, 0) is 19.1 Å². The van der Waals surface area contributed by atoms with Crippen LogP contribution in [0.3, 0.4) is 0 Å². The SMILES string of the molecule is CC(=CC=CC(C)=C[C@H](O)[C@@H](O)C[C@H](C)O)C=C(C)C=CC(=O)O[C@H]1CCCC(=O)O[C@@H](C(C)C)CCCC[C@@H]1C. The van der Waals surface area contributed by atoms with Gasteiger partial charge in [0.15, 0.2) is 0 Å². The molecular formula is C34H54O7. The zero-order chi connectivity index (χ0) is 30.9. The molecule has 0 aromatic heterocycles. The predicted molar refractivity (Wildman–Crippen MR) is 164 cm³/mol. The average Bonchev–Trinajstić information content (AvgIpc) is 2.87. The van der Waals surface area contributed by atoms with Crippen LogP contribution in [0.1, 0.15) is 99.8 Å². The maximum atomic E-state index is 12.6. The minimum atomic E-state index is -1.05. The summed E-state index contributed by atoms with van der Waals surface area (Å²) in [6.07, 6.45) is 14.8. The lowest BCUT2D eigenvalue weighted by Crippen LogP contribution is -2.27. The van der Waals surface area contributed by atoms with Gasteiger partial charge < -0.3 is 24.8 Å². The zero-order valence-corrected chi connectivity index (χ0v) is 26.2. The maximum absolute atomic E-state index is 12.6. The Bertz CT molecular complexity index is 954. The molecule has 41 heavy (non-hydrogen) atoms. The largest absolute Gasteiger partial charge is 0.462 e. The number of rotatable bonds is 11. The lowest BCUT2D eigenvalue weighted by Gasteiger charge is -2.26. The van der Waals surface area contributed by atoms with Crippen molar-refractivity contribution >= 4 is 11.9 Å². The van der Waals surface area contributed by atoms with Crippen LogP contribution in [0.4, 0.5) is 0 Å². The highest BCUT2D eigenvalue weighted by Gasteiger charge is 2.24. The first-order valence-electron chi connectivity index (χ1n) is 15.1. The molecule has 0 bridgehead atoms. The molecule has 0 aromatic rings. The molecule has 7 nitrogen and oxygen atoms in total. The van der Waals surface area contributed by atoms with E-state index in [1.54, 1.807) is 19.1 Å². The molecule has 1 aliphatic heterocycles. The van der Waals surface area contributed by atoms with Crippen molar-refractivity contribution in [1.29, 1.82) is 0 Å². The number of carbonyl (C=O) groups is 2. The molecule has 3 N–H and O–H groups in total. The van der Waals surface area contributed by atoms with Gasteiger partial charge in [-0.3, -0.25) is 4.79 Å². The molecule has 1 heterocycles. The topological polar surface area (TPSA) is 113 Å². The van der Waals surface area contributed by atoms with Gasteiger partial charge in [0.2, 0.25) is 0 Å².